The third-order valence-corrected chi connectivity index (χ3v) is 3.24. The number of carbonyl (C=O) groups is 1. The number of nitrogen functional groups attached to an aromatic ring is 1. The van der Waals surface area contributed by atoms with Gasteiger partial charge >= 0.3 is 0 Å². The standard InChI is InChI=1S/C17H21N3O/c1-3-12-6-5-7-14(10-12)20-16-11-13(18)8-9-15(16)17(21)19-4-2/h5-11,20H,3-4,18H2,1-2H3,(H,19,21). The molecule has 0 aliphatic rings. The van der Waals surface area contributed by atoms with Crippen LogP contribution in [-0.2, 0) is 6.42 Å². The van der Waals surface area contributed by atoms with Gasteiger partial charge < -0.3 is 16.4 Å². The quantitative estimate of drug-likeness (QED) is 0.737. The Labute approximate surface area is 125 Å². The number of amides is 1. The van der Waals surface area contributed by atoms with E-state index in [9.17, 15) is 4.79 Å². The molecule has 0 aliphatic heterocycles. The van der Waals surface area contributed by atoms with Gasteiger partial charge in [-0.2, -0.15) is 0 Å². The van der Waals surface area contributed by atoms with Crippen LogP contribution in [0.2, 0.25) is 0 Å². The number of anilines is 3. The Bertz CT molecular complexity index is 638. The van der Waals surface area contributed by atoms with Gasteiger partial charge in [0.2, 0.25) is 0 Å². The highest BCUT2D eigenvalue weighted by atomic mass is 16.1. The molecule has 2 aromatic carbocycles. The first kappa shape index (κ1) is 14.9. The second-order valence-electron chi connectivity index (χ2n) is 4.84. The lowest BCUT2D eigenvalue weighted by molar-refractivity contribution is 0.0956. The molecule has 4 heteroatoms. The Morgan fingerprint density at radius 2 is 1.95 bits per heavy atom. The Balaban J connectivity index is 2.33. The number of hydrogen-bond acceptors (Lipinski definition) is 3. The number of aryl methyl sites for hydroxylation is 1. The molecule has 0 bridgehead atoms. The molecule has 0 unspecified atom stereocenters. The third-order valence-electron chi connectivity index (χ3n) is 3.24. The molecule has 2 aromatic rings. The van der Waals surface area contributed by atoms with Crippen molar-refractivity contribution in [2.45, 2.75) is 20.3 Å². The van der Waals surface area contributed by atoms with Crippen molar-refractivity contribution in [3.8, 4) is 0 Å². The van der Waals surface area contributed by atoms with Gasteiger partial charge in [-0.3, -0.25) is 4.79 Å². The van der Waals surface area contributed by atoms with Crippen LogP contribution in [0.1, 0.15) is 29.8 Å². The highest BCUT2D eigenvalue weighted by Gasteiger charge is 2.11. The van der Waals surface area contributed by atoms with E-state index in [0.29, 0.717) is 23.5 Å². The highest BCUT2D eigenvalue weighted by molar-refractivity contribution is 6.00. The van der Waals surface area contributed by atoms with E-state index in [-0.39, 0.29) is 5.91 Å². The summed E-state index contributed by atoms with van der Waals surface area (Å²) in [6, 6.07) is 13.4. The molecule has 1 amide bonds. The van der Waals surface area contributed by atoms with E-state index in [1.165, 1.54) is 5.56 Å². The van der Waals surface area contributed by atoms with Crippen molar-refractivity contribution >= 4 is 23.0 Å². The third kappa shape index (κ3) is 3.75. The van der Waals surface area contributed by atoms with Crippen molar-refractivity contribution < 1.29 is 4.79 Å². The van der Waals surface area contributed by atoms with Crippen LogP contribution in [0.5, 0.6) is 0 Å². The van der Waals surface area contributed by atoms with Gasteiger partial charge in [-0.25, -0.2) is 0 Å². The van der Waals surface area contributed by atoms with Crippen LogP contribution in [-0.4, -0.2) is 12.5 Å². The van der Waals surface area contributed by atoms with E-state index in [2.05, 4.69) is 29.7 Å². The van der Waals surface area contributed by atoms with Crippen molar-refractivity contribution in [3.05, 3.63) is 53.6 Å². The van der Waals surface area contributed by atoms with Crippen LogP contribution < -0.4 is 16.4 Å². The smallest absolute Gasteiger partial charge is 0.253 e. The van der Waals surface area contributed by atoms with E-state index in [4.69, 9.17) is 5.73 Å². The molecule has 110 valence electrons. The zero-order valence-corrected chi connectivity index (χ0v) is 12.4. The number of hydrogen-bond donors (Lipinski definition) is 3. The summed E-state index contributed by atoms with van der Waals surface area (Å²) in [5.74, 6) is -0.105. The molecule has 0 aliphatic carbocycles. The predicted octanol–water partition coefficient (Wildman–Crippen LogP) is 3.32. The molecule has 0 atom stereocenters. The second-order valence-corrected chi connectivity index (χ2v) is 4.84. The first-order chi connectivity index (χ1) is 10.1. The lowest BCUT2D eigenvalue weighted by Crippen LogP contribution is -2.23. The summed E-state index contributed by atoms with van der Waals surface area (Å²) in [4.78, 5) is 12.1. The van der Waals surface area contributed by atoms with Crippen molar-refractivity contribution in [1.82, 2.24) is 5.32 Å². The van der Waals surface area contributed by atoms with Crippen LogP contribution in [0, 0.1) is 0 Å². The zero-order chi connectivity index (χ0) is 15.2. The van der Waals surface area contributed by atoms with E-state index < -0.39 is 0 Å². The Kier molecular flexibility index (Phi) is 4.82. The number of nitrogens with two attached hydrogens (primary N) is 1. The number of nitrogens with one attached hydrogen (secondary N) is 2. The maximum atomic E-state index is 12.1. The van der Waals surface area contributed by atoms with E-state index in [1.807, 2.05) is 19.1 Å². The molecule has 0 heterocycles. The topological polar surface area (TPSA) is 67.2 Å². The normalized spacial score (nSPS) is 10.2. The second kappa shape index (κ2) is 6.79. The fourth-order valence-corrected chi connectivity index (χ4v) is 2.14. The van der Waals surface area contributed by atoms with Crippen LogP contribution in [0.25, 0.3) is 0 Å². The summed E-state index contributed by atoms with van der Waals surface area (Å²) < 4.78 is 0. The number of carbonyl (C=O) groups excluding carboxylic acids is 1. The van der Waals surface area contributed by atoms with Gasteiger partial charge in [-0.1, -0.05) is 19.1 Å². The maximum Gasteiger partial charge on any atom is 0.253 e. The lowest BCUT2D eigenvalue weighted by atomic mass is 10.1. The Morgan fingerprint density at radius 3 is 2.67 bits per heavy atom. The van der Waals surface area contributed by atoms with Gasteiger partial charge in [0, 0.05) is 17.9 Å². The summed E-state index contributed by atoms with van der Waals surface area (Å²) in [7, 11) is 0. The van der Waals surface area contributed by atoms with Gasteiger partial charge in [-0.15, -0.1) is 0 Å². The largest absolute Gasteiger partial charge is 0.399 e. The maximum absolute atomic E-state index is 12.1. The van der Waals surface area contributed by atoms with E-state index in [1.54, 1.807) is 18.2 Å². The molecule has 0 fully saturated rings. The summed E-state index contributed by atoms with van der Waals surface area (Å²) in [6.45, 7) is 4.60. The van der Waals surface area contributed by atoms with Gasteiger partial charge in [0.1, 0.15) is 0 Å². The summed E-state index contributed by atoms with van der Waals surface area (Å²) >= 11 is 0. The molecule has 0 saturated carbocycles. The van der Waals surface area contributed by atoms with Crippen LogP contribution in [0.15, 0.2) is 42.5 Å². The number of rotatable bonds is 5. The minimum atomic E-state index is -0.105. The van der Waals surface area contributed by atoms with Gasteiger partial charge in [-0.05, 0) is 49.2 Å². The monoisotopic (exact) mass is 283 g/mol. The van der Waals surface area contributed by atoms with Gasteiger partial charge in [0.25, 0.3) is 5.91 Å². The molecule has 4 N–H and O–H groups in total. The highest BCUT2D eigenvalue weighted by Crippen LogP contribution is 2.24. The fraction of sp³-hybridized carbons (Fsp3) is 0.235. The molecule has 0 saturated heterocycles. The summed E-state index contributed by atoms with van der Waals surface area (Å²) in [6.07, 6.45) is 0.968. The Hall–Kier alpha value is -2.49. The van der Waals surface area contributed by atoms with Crippen molar-refractivity contribution in [2.24, 2.45) is 0 Å². The SMILES string of the molecule is CCNC(=O)c1ccc(N)cc1Nc1cccc(CC)c1. The average Bonchev–Trinajstić information content (AvgIpc) is 2.48. The molecular formula is C17H21N3O. The predicted molar refractivity (Wildman–Crippen MR) is 88.0 cm³/mol. The number of benzene rings is 2. The molecule has 4 nitrogen and oxygen atoms in total. The molecule has 0 aromatic heterocycles. The minimum absolute atomic E-state index is 0.105. The van der Waals surface area contributed by atoms with Crippen molar-refractivity contribution in [1.29, 1.82) is 0 Å². The van der Waals surface area contributed by atoms with Crippen LogP contribution in [0.4, 0.5) is 17.1 Å². The molecular weight excluding hydrogens is 262 g/mol. The Morgan fingerprint density at radius 1 is 1.14 bits per heavy atom. The van der Waals surface area contributed by atoms with Crippen LogP contribution >= 0.6 is 0 Å². The van der Waals surface area contributed by atoms with Crippen molar-refractivity contribution in [2.75, 3.05) is 17.6 Å². The molecule has 2 rings (SSSR count). The lowest BCUT2D eigenvalue weighted by Gasteiger charge is -2.13. The molecule has 0 radical (unpaired) electrons. The van der Waals surface area contributed by atoms with E-state index >= 15 is 0 Å². The fourth-order valence-electron chi connectivity index (χ4n) is 2.14. The minimum Gasteiger partial charge on any atom is -0.399 e. The average molecular weight is 283 g/mol. The van der Waals surface area contributed by atoms with Crippen molar-refractivity contribution in [3.63, 3.8) is 0 Å². The molecule has 21 heavy (non-hydrogen) atoms. The van der Waals surface area contributed by atoms with Gasteiger partial charge in [0.15, 0.2) is 0 Å². The summed E-state index contributed by atoms with van der Waals surface area (Å²) in [5, 5.41) is 6.10. The summed E-state index contributed by atoms with van der Waals surface area (Å²) in [5.41, 5.74) is 9.96. The van der Waals surface area contributed by atoms with Gasteiger partial charge in [0.05, 0.1) is 11.3 Å². The first-order valence-corrected chi connectivity index (χ1v) is 7.17. The first-order valence-electron chi connectivity index (χ1n) is 7.17. The molecule has 0 spiro atoms. The van der Waals surface area contributed by atoms with E-state index in [0.717, 1.165) is 12.1 Å². The van der Waals surface area contributed by atoms with Crippen LogP contribution in [0.3, 0.4) is 0 Å². The zero-order valence-electron chi connectivity index (χ0n) is 12.4.